The van der Waals surface area contributed by atoms with Gasteiger partial charge in [-0.1, -0.05) is 56.0 Å². The van der Waals surface area contributed by atoms with E-state index in [4.69, 9.17) is 17.2 Å². The molecule has 192 valence electrons. The van der Waals surface area contributed by atoms with Crippen LogP contribution in [0.2, 0.25) is 0 Å². The second-order valence-corrected chi connectivity index (χ2v) is 11.4. The number of hydrogen-bond acceptors (Lipinski definition) is 7. The van der Waals surface area contributed by atoms with Gasteiger partial charge in [-0.3, -0.25) is 18.9 Å². The van der Waals surface area contributed by atoms with Gasteiger partial charge in [0.25, 0.3) is 11.5 Å². The third kappa shape index (κ3) is 5.00. The molecule has 0 radical (unpaired) electrons. The molecular weight excluding hydrogens is 509 g/mol. The lowest BCUT2D eigenvalue weighted by atomic mass is 10.2. The van der Waals surface area contributed by atoms with E-state index < -0.39 is 0 Å². The molecule has 1 amide bonds. The van der Waals surface area contributed by atoms with E-state index in [1.807, 2.05) is 48.8 Å². The zero-order valence-corrected chi connectivity index (χ0v) is 22.6. The summed E-state index contributed by atoms with van der Waals surface area (Å²) in [6, 6.07) is 10.5. The highest BCUT2D eigenvalue weighted by Crippen LogP contribution is 2.34. The molecule has 37 heavy (non-hydrogen) atoms. The largest absolute Gasteiger partial charge is 0.366 e. The summed E-state index contributed by atoms with van der Waals surface area (Å²) >= 11 is 6.68. The maximum atomic E-state index is 14.4. The predicted molar refractivity (Wildman–Crippen MR) is 152 cm³/mol. The Morgan fingerprint density at radius 2 is 1.78 bits per heavy atom. The summed E-state index contributed by atoms with van der Waals surface area (Å²) in [4.78, 5) is 37.8. The highest BCUT2D eigenvalue weighted by Gasteiger charge is 2.33. The Bertz CT molecular complexity index is 1480. The summed E-state index contributed by atoms with van der Waals surface area (Å²) in [6.45, 7) is 8.76. The fourth-order valence-electron chi connectivity index (χ4n) is 4.64. The first-order chi connectivity index (χ1) is 17.7. The van der Waals surface area contributed by atoms with Gasteiger partial charge in [0.2, 0.25) is 0 Å². The number of carbonyl (C=O) groups excluding carboxylic acids is 1. The summed E-state index contributed by atoms with van der Waals surface area (Å²) in [6.07, 6.45) is 3.40. The number of anilines is 2. The minimum atomic E-state index is -0.252. The van der Waals surface area contributed by atoms with Crippen LogP contribution in [0, 0.1) is 18.7 Å². The molecule has 10 heteroatoms. The molecule has 0 atom stereocenters. The van der Waals surface area contributed by atoms with Gasteiger partial charge in [0.15, 0.2) is 0 Å². The summed E-state index contributed by atoms with van der Waals surface area (Å²) in [5, 5.41) is 0. The van der Waals surface area contributed by atoms with E-state index in [2.05, 4.69) is 0 Å². The molecule has 1 aromatic carbocycles. The number of halogens is 1. The fraction of sp³-hybridized carbons (Fsp3) is 0.333. The van der Waals surface area contributed by atoms with Crippen LogP contribution in [-0.2, 0) is 4.79 Å². The maximum Gasteiger partial charge on any atom is 0.267 e. The predicted octanol–water partition coefficient (Wildman–Crippen LogP) is 4.33. The standard InChI is InChI=1S/C27H28FN5O2S2/c1-17(2)15-33-26(35)22(37-27(33)36)14-19-24(29-23-9-8-18(3)16-32(23)25(19)34)31-12-10-30(11-13-31)21-7-5-4-6-20(21)28/h4-9,14,16-17H,10-13,15H2,1-3H3/b22-14-. The molecule has 2 aliphatic rings. The van der Waals surface area contributed by atoms with Crippen molar-refractivity contribution in [3.8, 4) is 0 Å². The fourth-order valence-corrected chi connectivity index (χ4v) is 5.89. The van der Waals surface area contributed by atoms with E-state index in [-0.39, 0.29) is 23.2 Å². The minimum Gasteiger partial charge on any atom is -0.366 e. The number of fused-ring (bicyclic) bond motifs is 1. The lowest BCUT2D eigenvalue weighted by Gasteiger charge is -2.37. The molecule has 2 fully saturated rings. The molecule has 4 heterocycles. The van der Waals surface area contributed by atoms with Crippen LogP contribution in [0.1, 0.15) is 25.0 Å². The van der Waals surface area contributed by atoms with Crippen molar-refractivity contribution >= 4 is 57.4 Å². The summed E-state index contributed by atoms with van der Waals surface area (Å²) in [5.41, 5.74) is 2.14. The number of pyridine rings is 1. The number of rotatable bonds is 5. The molecule has 0 saturated carbocycles. The Hall–Kier alpha value is -3.24. The molecule has 7 nitrogen and oxygen atoms in total. The van der Waals surface area contributed by atoms with Crippen LogP contribution in [0.5, 0.6) is 0 Å². The molecule has 0 N–H and O–H groups in total. The normalized spacial score (nSPS) is 17.6. The van der Waals surface area contributed by atoms with E-state index >= 15 is 0 Å². The first kappa shape index (κ1) is 25.4. The van der Waals surface area contributed by atoms with E-state index in [1.54, 1.807) is 29.3 Å². The number of carbonyl (C=O) groups is 1. The van der Waals surface area contributed by atoms with E-state index in [9.17, 15) is 14.0 Å². The van der Waals surface area contributed by atoms with Crippen LogP contribution in [0.4, 0.5) is 15.9 Å². The Morgan fingerprint density at radius 1 is 1.08 bits per heavy atom. The molecule has 2 saturated heterocycles. The number of aromatic nitrogens is 2. The Morgan fingerprint density at radius 3 is 2.49 bits per heavy atom. The lowest BCUT2D eigenvalue weighted by Crippen LogP contribution is -2.47. The molecule has 2 aliphatic heterocycles. The van der Waals surface area contributed by atoms with Gasteiger partial charge in [0.05, 0.1) is 16.2 Å². The molecule has 0 aliphatic carbocycles. The van der Waals surface area contributed by atoms with Crippen LogP contribution in [-0.4, -0.2) is 57.2 Å². The Labute approximate surface area is 224 Å². The Kier molecular flexibility index (Phi) is 7.04. The number of amides is 1. The molecular formula is C27H28FN5O2S2. The number of piperazine rings is 1. The summed E-state index contributed by atoms with van der Waals surface area (Å²) in [7, 11) is 0. The van der Waals surface area contributed by atoms with Gasteiger partial charge < -0.3 is 9.80 Å². The van der Waals surface area contributed by atoms with Gasteiger partial charge in [-0.2, -0.15) is 0 Å². The third-order valence-electron chi connectivity index (χ3n) is 6.45. The third-order valence-corrected chi connectivity index (χ3v) is 7.83. The van der Waals surface area contributed by atoms with Gasteiger partial charge >= 0.3 is 0 Å². The van der Waals surface area contributed by atoms with Crippen molar-refractivity contribution in [3.63, 3.8) is 0 Å². The second kappa shape index (κ2) is 10.3. The van der Waals surface area contributed by atoms with Crippen molar-refractivity contribution in [1.82, 2.24) is 14.3 Å². The zero-order chi connectivity index (χ0) is 26.3. The number of benzene rings is 1. The Balaban J connectivity index is 1.53. The number of thioether (sulfide) groups is 1. The lowest BCUT2D eigenvalue weighted by molar-refractivity contribution is -0.122. The maximum absolute atomic E-state index is 14.4. The smallest absolute Gasteiger partial charge is 0.267 e. The van der Waals surface area contributed by atoms with Gasteiger partial charge in [0, 0.05) is 38.9 Å². The number of hydrogen-bond donors (Lipinski definition) is 0. The summed E-state index contributed by atoms with van der Waals surface area (Å²) in [5.74, 6) is 0.348. The monoisotopic (exact) mass is 537 g/mol. The first-order valence-electron chi connectivity index (χ1n) is 12.3. The van der Waals surface area contributed by atoms with E-state index in [1.165, 1.54) is 22.2 Å². The van der Waals surface area contributed by atoms with Crippen LogP contribution < -0.4 is 15.4 Å². The molecule has 0 spiro atoms. The molecule has 5 rings (SSSR count). The average Bonchev–Trinajstić information content (AvgIpc) is 3.13. The van der Waals surface area contributed by atoms with Gasteiger partial charge in [-0.15, -0.1) is 0 Å². The number of nitrogens with zero attached hydrogens (tertiary/aromatic N) is 5. The second-order valence-electron chi connectivity index (χ2n) is 9.70. The first-order valence-corrected chi connectivity index (χ1v) is 13.5. The van der Waals surface area contributed by atoms with Crippen molar-refractivity contribution in [2.24, 2.45) is 5.92 Å². The van der Waals surface area contributed by atoms with Crippen molar-refractivity contribution in [1.29, 1.82) is 0 Å². The minimum absolute atomic E-state index is 0.187. The van der Waals surface area contributed by atoms with Crippen LogP contribution >= 0.6 is 24.0 Å². The number of aryl methyl sites for hydroxylation is 1. The van der Waals surface area contributed by atoms with E-state index in [0.717, 1.165) is 5.56 Å². The van der Waals surface area contributed by atoms with Gasteiger partial charge in [0.1, 0.15) is 21.6 Å². The van der Waals surface area contributed by atoms with Crippen molar-refractivity contribution in [2.75, 3.05) is 42.5 Å². The molecule has 0 bridgehead atoms. The van der Waals surface area contributed by atoms with Crippen molar-refractivity contribution in [2.45, 2.75) is 20.8 Å². The topological polar surface area (TPSA) is 61.2 Å². The van der Waals surface area contributed by atoms with Gasteiger partial charge in [-0.05, 0) is 42.7 Å². The van der Waals surface area contributed by atoms with Crippen LogP contribution in [0.15, 0.2) is 52.3 Å². The molecule has 0 unspecified atom stereocenters. The number of para-hydroxylation sites is 1. The van der Waals surface area contributed by atoms with E-state index in [0.29, 0.717) is 64.7 Å². The van der Waals surface area contributed by atoms with Crippen LogP contribution in [0.25, 0.3) is 11.7 Å². The van der Waals surface area contributed by atoms with Crippen molar-refractivity contribution in [3.05, 3.63) is 74.8 Å². The zero-order valence-electron chi connectivity index (χ0n) is 21.0. The molecule has 3 aromatic rings. The summed E-state index contributed by atoms with van der Waals surface area (Å²) < 4.78 is 16.4. The highest BCUT2D eigenvalue weighted by atomic mass is 32.2. The molecule has 2 aromatic heterocycles. The van der Waals surface area contributed by atoms with Crippen LogP contribution in [0.3, 0.4) is 0 Å². The van der Waals surface area contributed by atoms with Crippen molar-refractivity contribution < 1.29 is 9.18 Å². The SMILES string of the molecule is Cc1ccc2nc(N3CCN(c4ccccc4F)CC3)c(/C=C3\SC(=S)N(CC(C)C)C3=O)c(=O)n2c1. The average molecular weight is 538 g/mol. The van der Waals surface area contributed by atoms with Gasteiger partial charge in [-0.25, -0.2) is 9.37 Å². The number of thiocarbonyl (C=S) groups is 1. The highest BCUT2D eigenvalue weighted by molar-refractivity contribution is 8.26. The quantitative estimate of drug-likeness (QED) is 0.355.